The summed E-state index contributed by atoms with van der Waals surface area (Å²) < 4.78 is 16.1. The number of hydrogen-bond acceptors (Lipinski definition) is 7. The number of para-hydroxylation sites is 1. The molecule has 0 spiro atoms. The van der Waals surface area contributed by atoms with Crippen LogP contribution < -0.4 is 15.6 Å². The lowest BCUT2D eigenvalue weighted by Crippen LogP contribution is -2.41. The van der Waals surface area contributed by atoms with E-state index in [-0.39, 0.29) is 24.7 Å². The van der Waals surface area contributed by atoms with Gasteiger partial charge in [0.1, 0.15) is 18.1 Å². The molecule has 0 aliphatic rings. The molecule has 9 heteroatoms. The summed E-state index contributed by atoms with van der Waals surface area (Å²) in [6.45, 7) is 2.23. The average Bonchev–Trinajstić information content (AvgIpc) is 3.41. The molecule has 30 heavy (non-hydrogen) atoms. The number of aryl methyl sites for hydroxylation is 2. The van der Waals surface area contributed by atoms with Crippen LogP contribution in [0.1, 0.15) is 54.2 Å². The maximum atomic E-state index is 12.1. The molecule has 0 aliphatic heterocycles. The number of nitrogens with one attached hydrogen (secondary N) is 2. The molecule has 0 unspecified atom stereocenters. The molecule has 0 bridgehead atoms. The Kier molecular flexibility index (Phi) is 7.59. The minimum Gasteiger partial charge on any atom is -0.486 e. The van der Waals surface area contributed by atoms with Gasteiger partial charge in [-0.2, -0.15) is 4.98 Å². The van der Waals surface area contributed by atoms with Crippen molar-refractivity contribution in [3.05, 3.63) is 65.7 Å². The van der Waals surface area contributed by atoms with Gasteiger partial charge >= 0.3 is 5.91 Å². The van der Waals surface area contributed by atoms with Crippen LogP contribution in [0.15, 0.2) is 51.4 Å². The molecule has 2 aromatic heterocycles. The number of hydrazine groups is 1. The van der Waals surface area contributed by atoms with Crippen molar-refractivity contribution < 1.29 is 23.3 Å². The largest absolute Gasteiger partial charge is 0.486 e. The molecule has 0 atom stereocenters. The van der Waals surface area contributed by atoms with Crippen LogP contribution in [-0.2, 0) is 24.2 Å². The van der Waals surface area contributed by atoms with E-state index in [1.165, 1.54) is 6.07 Å². The Bertz CT molecular complexity index is 951. The van der Waals surface area contributed by atoms with Crippen LogP contribution in [0.2, 0.25) is 0 Å². The van der Waals surface area contributed by atoms with Gasteiger partial charge in [-0.3, -0.25) is 20.4 Å². The molecule has 3 aromatic rings. The fourth-order valence-corrected chi connectivity index (χ4v) is 2.62. The minimum absolute atomic E-state index is 0.0799. The summed E-state index contributed by atoms with van der Waals surface area (Å²) in [6, 6.07) is 12.5. The Morgan fingerprint density at radius 2 is 1.90 bits per heavy atom. The van der Waals surface area contributed by atoms with E-state index in [1.54, 1.807) is 6.07 Å². The molecule has 2 heterocycles. The van der Waals surface area contributed by atoms with Gasteiger partial charge in [0.2, 0.25) is 11.8 Å². The molecule has 0 radical (unpaired) electrons. The van der Waals surface area contributed by atoms with Crippen molar-refractivity contribution in [3.8, 4) is 5.75 Å². The van der Waals surface area contributed by atoms with E-state index in [0.29, 0.717) is 36.1 Å². The van der Waals surface area contributed by atoms with Crippen molar-refractivity contribution in [2.24, 2.45) is 0 Å². The van der Waals surface area contributed by atoms with Crippen molar-refractivity contribution >= 4 is 11.8 Å². The van der Waals surface area contributed by atoms with Crippen molar-refractivity contribution in [2.45, 2.75) is 45.6 Å². The predicted molar refractivity (Wildman–Crippen MR) is 106 cm³/mol. The number of ether oxygens (including phenoxy) is 1. The Morgan fingerprint density at radius 1 is 1.07 bits per heavy atom. The third-order valence-electron chi connectivity index (χ3n) is 4.10. The van der Waals surface area contributed by atoms with Gasteiger partial charge in [-0.15, -0.1) is 0 Å². The Hall–Kier alpha value is -3.62. The highest BCUT2D eigenvalue weighted by atomic mass is 16.5. The summed E-state index contributed by atoms with van der Waals surface area (Å²) in [7, 11) is 0. The van der Waals surface area contributed by atoms with Crippen LogP contribution in [0.4, 0.5) is 0 Å². The maximum absolute atomic E-state index is 12.1. The molecule has 0 saturated carbocycles. The fraction of sp³-hybridized carbons (Fsp3) is 0.333. The predicted octanol–water partition coefficient (Wildman–Crippen LogP) is 2.98. The van der Waals surface area contributed by atoms with Crippen LogP contribution in [0.5, 0.6) is 5.75 Å². The second-order valence-corrected chi connectivity index (χ2v) is 6.58. The van der Waals surface area contributed by atoms with Gasteiger partial charge < -0.3 is 13.7 Å². The molecule has 0 saturated heterocycles. The first-order valence-electron chi connectivity index (χ1n) is 9.81. The summed E-state index contributed by atoms with van der Waals surface area (Å²) in [5.41, 5.74) is 4.69. The quantitative estimate of drug-likeness (QED) is 0.491. The number of aromatic nitrogens is 2. The smallest absolute Gasteiger partial charge is 0.305 e. The van der Waals surface area contributed by atoms with Crippen LogP contribution in [0, 0.1) is 0 Å². The number of carbonyl (C=O) groups excluding carboxylic acids is 2. The van der Waals surface area contributed by atoms with E-state index in [1.807, 2.05) is 37.3 Å². The van der Waals surface area contributed by atoms with Gasteiger partial charge in [-0.25, -0.2) is 0 Å². The third-order valence-corrected chi connectivity index (χ3v) is 4.10. The zero-order valence-corrected chi connectivity index (χ0v) is 16.7. The van der Waals surface area contributed by atoms with Crippen molar-refractivity contribution in [2.75, 3.05) is 0 Å². The highest BCUT2D eigenvalue weighted by Gasteiger charge is 2.13. The topological polar surface area (TPSA) is 119 Å². The number of furan rings is 1. The zero-order chi connectivity index (χ0) is 21.2. The molecule has 2 amide bonds. The standard InChI is InChI=1S/C21H24N4O5/c1-2-7-18-22-20(30-25-18)11-6-10-19(26)23-24-21(27)17-13-12-16(29-17)14-28-15-8-4-3-5-9-15/h3-5,8-9,12-13H,2,6-7,10-11,14H2,1H3,(H,23,26)(H,24,27). The summed E-state index contributed by atoms with van der Waals surface area (Å²) in [6.07, 6.45) is 2.94. The molecule has 1 aromatic carbocycles. The Balaban J connectivity index is 1.35. The SMILES string of the molecule is CCCc1noc(CCCC(=O)NNC(=O)c2ccc(COc3ccccc3)o2)n1. The van der Waals surface area contributed by atoms with Gasteiger partial charge in [-0.1, -0.05) is 30.3 Å². The van der Waals surface area contributed by atoms with Crippen LogP contribution in [0.25, 0.3) is 0 Å². The van der Waals surface area contributed by atoms with Crippen molar-refractivity contribution in [3.63, 3.8) is 0 Å². The lowest BCUT2D eigenvalue weighted by molar-refractivity contribution is -0.121. The maximum Gasteiger partial charge on any atom is 0.305 e. The third kappa shape index (κ3) is 6.47. The fourth-order valence-electron chi connectivity index (χ4n) is 2.62. The highest BCUT2D eigenvalue weighted by molar-refractivity contribution is 5.92. The minimum atomic E-state index is -0.546. The zero-order valence-electron chi connectivity index (χ0n) is 16.7. The van der Waals surface area contributed by atoms with Gasteiger partial charge in [0.15, 0.2) is 11.6 Å². The van der Waals surface area contributed by atoms with Crippen molar-refractivity contribution in [1.29, 1.82) is 0 Å². The first-order valence-corrected chi connectivity index (χ1v) is 9.81. The number of rotatable bonds is 10. The van der Waals surface area contributed by atoms with Crippen LogP contribution in [-0.4, -0.2) is 22.0 Å². The Morgan fingerprint density at radius 3 is 2.70 bits per heavy atom. The van der Waals surface area contributed by atoms with E-state index in [2.05, 4.69) is 21.0 Å². The summed E-state index contributed by atoms with van der Waals surface area (Å²) in [5.74, 6) is 1.60. The number of carbonyl (C=O) groups is 2. The van der Waals surface area contributed by atoms with Gasteiger partial charge in [-0.05, 0) is 37.1 Å². The lowest BCUT2D eigenvalue weighted by atomic mass is 10.2. The molecule has 0 aliphatic carbocycles. The number of amides is 2. The van der Waals surface area contributed by atoms with Crippen LogP contribution in [0.3, 0.4) is 0 Å². The molecular formula is C21H24N4O5. The second kappa shape index (κ2) is 10.8. The number of benzene rings is 1. The second-order valence-electron chi connectivity index (χ2n) is 6.58. The van der Waals surface area contributed by atoms with Gasteiger partial charge in [0, 0.05) is 19.3 Å². The van der Waals surface area contributed by atoms with E-state index >= 15 is 0 Å². The van der Waals surface area contributed by atoms with E-state index in [0.717, 1.165) is 12.8 Å². The molecule has 3 rings (SSSR count). The Labute approximate surface area is 173 Å². The van der Waals surface area contributed by atoms with E-state index in [4.69, 9.17) is 13.7 Å². The summed E-state index contributed by atoms with van der Waals surface area (Å²) >= 11 is 0. The summed E-state index contributed by atoms with van der Waals surface area (Å²) in [4.78, 5) is 28.2. The molecule has 9 nitrogen and oxygen atoms in total. The first-order chi connectivity index (χ1) is 14.6. The lowest BCUT2D eigenvalue weighted by Gasteiger charge is -2.05. The highest BCUT2D eigenvalue weighted by Crippen LogP contribution is 2.14. The number of nitrogens with zero attached hydrogens (tertiary/aromatic N) is 2. The summed E-state index contributed by atoms with van der Waals surface area (Å²) in [5, 5.41) is 3.87. The van der Waals surface area contributed by atoms with Gasteiger partial charge in [0.05, 0.1) is 0 Å². The van der Waals surface area contributed by atoms with Gasteiger partial charge in [0.25, 0.3) is 0 Å². The van der Waals surface area contributed by atoms with E-state index in [9.17, 15) is 9.59 Å². The van der Waals surface area contributed by atoms with Crippen LogP contribution >= 0.6 is 0 Å². The van der Waals surface area contributed by atoms with Crippen molar-refractivity contribution in [1.82, 2.24) is 21.0 Å². The monoisotopic (exact) mass is 412 g/mol. The van der Waals surface area contributed by atoms with E-state index < -0.39 is 5.91 Å². The molecule has 2 N–H and O–H groups in total. The molecule has 0 fully saturated rings. The normalized spacial score (nSPS) is 10.6. The molecular weight excluding hydrogens is 388 g/mol. The number of hydrogen-bond donors (Lipinski definition) is 2. The molecule has 158 valence electrons. The first kappa shape index (κ1) is 21.1. The average molecular weight is 412 g/mol.